The summed E-state index contributed by atoms with van der Waals surface area (Å²) in [5.41, 5.74) is 2.03. The van der Waals surface area contributed by atoms with Crippen molar-refractivity contribution in [2.45, 2.75) is 19.2 Å². The average molecular weight is 241 g/mol. The maximum atomic E-state index is 4.27. The van der Waals surface area contributed by atoms with Gasteiger partial charge in [-0.1, -0.05) is 15.9 Å². The number of hydrogen-bond donors (Lipinski definition) is 0. The summed E-state index contributed by atoms with van der Waals surface area (Å²) < 4.78 is 1.75. The van der Waals surface area contributed by atoms with Crippen molar-refractivity contribution in [3.63, 3.8) is 0 Å². The molecule has 0 saturated heterocycles. The van der Waals surface area contributed by atoms with Crippen molar-refractivity contribution in [1.82, 2.24) is 19.6 Å². The van der Waals surface area contributed by atoms with Crippen LogP contribution in [-0.4, -0.2) is 19.6 Å². The summed E-state index contributed by atoms with van der Waals surface area (Å²) in [5.74, 6) is 1.44. The highest BCUT2D eigenvalue weighted by Crippen LogP contribution is 2.06. The molecule has 0 saturated carbocycles. The normalized spacial score (nSPS) is 11.0. The fourth-order valence-corrected chi connectivity index (χ4v) is 1.50. The number of fused-ring (bicyclic) bond motifs is 1. The number of aryl methyl sites for hydroxylation is 2. The summed E-state index contributed by atoms with van der Waals surface area (Å²) in [6.07, 6.45) is 0. The molecule has 0 bridgehead atoms. The number of rotatable bonds is 1. The van der Waals surface area contributed by atoms with Crippen LogP contribution < -0.4 is 0 Å². The van der Waals surface area contributed by atoms with Crippen molar-refractivity contribution in [3.05, 3.63) is 23.3 Å². The number of halogens is 1. The maximum absolute atomic E-state index is 4.27. The molecule has 0 aliphatic carbocycles. The van der Waals surface area contributed by atoms with Crippen LogP contribution in [0.25, 0.3) is 5.78 Å². The van der Waals surface area contributed by atoms with Crippen molar-refractivity contribution >= 4 is 21.7 Å². The second kappa shape index (κ2) is 3.06. The molecule has 0 amide bonds. The van der Waals surface area contributed by atoms with Gasteiger partial charge in [-0.2, -0.15) is 4.98 Å². The molecule has 2 heterocycles. The lowest BCUT2D eigenvalue weighted by atomic mass is 10.4. The van der Waals surface area contributed by atoms with E-state index in [1.54, 1.807) is 4.52 Å². The maximum Gasteiger partial charge on any atom is 0.252 e. The van der Waals surface area contributed by atoms with E-state index < -0.39 is 0 Å². The van der Waals surface area contributed by atoms with Gasteiger partial charge in [-0.25, -0.2) is 9.50 Å². The van der Waals surface area contributed by atoms with Gasteiger partial charge >= 0.3 is 0 Å². The lowest BCUT2D eigenvalue weighted by Crippen LogP contribution is -1.97. The molecular formula is C8H9BrN4. The first-order chi connectivity index (χ1) is 6.20. The Bertz CT molecular complexity index is 449. The van der Waals surface area contributed by atoms with Crippen LogP contribution in [-0.2, 0) is 5.33 Å². The molecule has 2 aromatic heterocycles. The summed E-state index contributed by atoms with van der Waals surface area (Å²) in [5, 5.41) is 4.93. The largest absolute Gasteiger partial charge is 0.252 e. The van der Waals surface area contributed by atoms with E-state index in [1.165, 1.54) is 0 Å². The molecule has 13 heavy (non-hydrogen) atoms. The minimum absolute atomic E-state index is 0.662. The van der Waals surface area contributed by atoms with Crippen LogP contribution in [0.3, 0.4) is 0 Å². The van der Waals surface area contributed by atoms with Crippen molar-refractivity contribution < 1.29 is 0 Å². The molecule has 0 unspecified atom stereocenters. The van der Waals surface area contributed by atoms with Crippen molar-refractivity contribution in [1.29, 1.82) is 0 Å². The first-order valence-electron chi connectivity index (χ1n) is 3.96. The molecule has 0 fully saturated rings. The summed E-state index contributed by atoms with van der Waals surface area (Å²) in [7, 11) is 0. The SMILES string of the molecule is Cc1cc(C)n2nc(CBr)nc2n1. The van der Waals surface area contributed by atoms with Crippen molar-refractivity contribution in [2.24, 2.45) is 0 Å². The first kappa shape index (κ1) is 8.62. The number of hydrogen-bond acceptors (Lipinski definition) is 3. The quantitative estimate of drug-likeness (QED) is 0.713. The summed E-state index contributed by atoms with van der Waals surface area (Å²) in [4.78, 5) is 8.52. The Labute approximate surface area is 84.1 Å². The van der Waals surface area contributed by atoms with E-state index >= 15 is 0 Å². The van der Waals surface area contributed by atoms with Gasteiger partial charge in [0.25, 0.3) is 5.78 Å². The van der Waals surface area contributed by atoms with Gasteiger partial charge in [0.1, 0.15) is 0 Å². The zero-order chi connectivity index (χ0) is 9.42. The smallest absolute Gasteiger partial charge is 0.216 e. The average Bonchev–Trinajstić information content (AvgIpc) is 2.47. The monoisotopic (exact) mass is 240 g/mol. The Morgan fingerprint density at radius 1 is 1.38 bits per heavy atom. The van der Waals surface area contributed by atoms with E-state index in [9.17, 15) is 0 Å². The summed E-state index contributed by atoms with van der Waals surface area (Å²) >= 11 is 3.31. The molecular weight excluding hydrogens is 232 g/mol. The highest BCUT2D eigenvalue weighted by molar-refractivity contribution is 9.08. The van der Waals surface area contributed by atoms with E-state index in [1.807, 2.05) is 19.9 Å². The van der Waals surface area contributed by atoms with Gasteiger partial charge < -0.3 is 0 Å². The predicted octanol–water partition coefficient (Wildman–Crippen LogP) is 1.64. The van der Waals surface area contributed by atoms with Crippen LogP contribution in [0.1, 0.15) is 17.2 Å². The summed E-state index contributed by atoms with van der Waals surface area (Å²) in [6.45, 7) is 3.95. The molecule has 4 nitrogen and oxygen atoms in total. The van der Waals surface area contributed by atoms with Crippen LogP contribution in [0.15, 0.2) is 6.07 Å². The van der Waals surface area contributed by atoms with Crippen molar-refractivity contribution in [3.8, 4) is 0 Å². The Morgan fingerprint density at radius 2 is 2.15 bits per heavy atom. The standard InChI is InChI=1S/C8H9BrN4/c1-5-3-6(2)13-8(10-5)11-7(4-9)12-13/h3H,4H2,1-2H3. The minimum Gasteiger partial charge on any atom is -0.216 e. The second-order valence-corrected chi connectivity index (χ2v) is 3.47. The number of aromatic nitrogens is 4. The van der Waals surface area contributed by atoms with Crippen LogP contribution in [0.4, 0.5) is 0 Å². The van der Waals surface area contributed by atoms with Gasteiger partial charge in [-0.15, -0.1) is 5.10 Å². The van der Waals surface area contributed by atoms with Crippen LogP contribution in [0.2, 0.25) is 0 Å². The highest BCUT2D eigenvalue weighted by atomic mass is 79.9. The predicted molar refractivity (Wildman–Crippen MR) is 52.9 cm³/mol. The molecule has 0 N–H and O–H groups in total. The first-order valence-corrected chi connectivity index (χ1v) is 5.08. The minimum atomic E-state index is 0.662. The Balaban J connectivity index is 2.75. The van der Waals surface area contributed by atoms with Gasteiger partial charge in [0, 0.05) is 11.4 Å². The molecule has 0 radical (unpaired) electrons. The van der Waals surface area contributed by atoms with E-state index in [2.05, 4.69) is 31.0 Å². The second-order valence-electron chi connectivity index (χ2n) is 2.91. The van der Waals surface area contributed by atoms with Gasteiger partial charge in [-0.3, -0.25) is 0 Å². The zero-order valence-electron chi connectivity index (χ0n) is 7.45. The topological polar surface area (TPSA) is 43.1 Å². The van der Waals surface area contributed by atoms with E-state index in [4.69, 9.17) is 0 Å². The van der Waals surface area contributed by atoms with Crippen LogP contribution >= 0.6 is 15.9 Å². The van der Waals surface area contributed by atoms with Crippen LogP contribution in [0.5, 0.6) is 0 Å². The molecule has 2 rings (SSSR count). The van der Waals surface area contributed by atoms with Crippen LogP contribution in [0, 0.1) is 13.8 Å². The van der Waals surface area contributed by atoms with E-state index in [0.29, 0.717) is 11.1 Å². The Kier molecular flexibility index (Phi) is 2.03. The third kappa shape index (κ3) is 1.44. The number of alkyl halides is 1. The van der Waals surface area contributed by atoms with E-state index in [-0.39, 0.29) is 0 Å². The molecule has 2 aromatic rings. The molecule has 0 spiro atoms. The summed E-state index contributed by atoms with van der Waals surface area (Å²) in [6, 6.07) is 1.99. The highest BCUT2D eigenvalue weighted by Gasteiger charge is 2.05. The molecule has 0 atom stereocenters. The molecule has 0 aliphatic rings. The molecule has 0 aliphatic heterocycles. The zero-order valence-corrected chi connectivity index (χ0v) is 9.04. The van der Waals surface area contributed by atoms with E-state index in [0.717, 1.165) is 17.2 Å². The Hall–Kier alpha value is -0.970. The van der Waals surface area contributed by atoms with Crippen molar-refractivity contribution in [2.75, 3.05) is 0 Å². The third-order valence-corrected chi connectivity index (χ3v) is 2.28. The van der Waals surface area contributed by atoms with Gasteiger partial charge in [0.05, 0.1) is 5.33 Å². The van der Waals surface area contributed by atoms with Gasteiger partial charge in [0.2, 0.25) is 0 Å². The fourth-order valence-electron chi connectivity index (χ4n) is 1.26. The molecule has 0 aromatic carbocycles. The number of nitrogens with zero attached hydrogens (tertiary/aromatic N) is 4. The fraction of sp³-hybridized carbons (Fsp3) is 0.375. The van der Waals surface area contributed by atoms with Gasteiger partial charge in [0.15, 0.2) is 5.82 Å². The lowest BCUT2D eigenvalue weighted by molar-refractivity contribution is 0.868. The molecule has 68 valence electrons. The van der Waals surface area contributed by atoms with Gasteiger partial charge in [-0.05, 0) is 19.9 Å². The molecule has 5 heteroatoms. The lowest BCUT2D eigenvalue weighted by Gasteiger charge is -1.97. The third-order valence-electron chi connectivity index (χ3n) is 1.78. The Morgan fingerprint density at radius 3 is 2.85 bits per heavy atom.